The van der Waals surface area contributed by atoms with Crippen LogP contribution in [0.1, 0.15) is 48.2 Å². The number of carbonyl (C=O) groups is 2. The van der Waals surface area contributed by atoms with Crippen LogP contribution in [-0.2, 0) is 27.3 Å². The van der Waals surface area contributed by atoms with Crippen LogP contribution < -0.4 is 5.32 Å². The summed E-state index contributed by atoms with van der Waals surface area (Å²) in [5.41, 5.74) is 2.05. The molecule has 1 N–H and O–H groups in total. The van der Waals surface area contributed by atoms with Crippen molar-refractivity contribution in [2.75, 3.05) is 18.5 Å². The van der Waals surface area contributed by atoms with Gasteiger partial charge in [-0.2, -0.15) is 0 Å². The number of fused-ring (bicyclic) bond motifs is 1. The highest BCUT2D eigenvalue weighted by Crippen LogP contribution is 2.31. The number of carbonyl (C=O) groups excluding carboxylic acids is 2. The molecular weight excluding hydrogens is 374 g/mol. The van der Waals surface area contributed by atoms with Gasteiger partial charge < -0.3 is 9.64 Å². The van der Waals surface area contributed by atoms with Crippen LogP contribution in [0.25, 0.3) is 0 Å². The van der Waals surface area contributed by atoms with Crippen molar-refractivity contribution in [2.24, 2.45) is 0 Å². The fourth-order valence-corrected chi connectivity index (χ4v) is 4.89. The Balaban J connectivity index is 1.43. The molecule has 1 saturated heterocycles. The largest absolute Gasteiger partial charge is 0.368 e. The maximum Gasteiger partial charge on any atom is 0.255 e. The van der Waals surface area contributed by atoms with E-state index < -0.39 is 0 Å². The molecule has 0 saturated carbocycles. The molecule has 7 heteroatoms. The number of hydrogen-bond donors (Lipinski definition) is 1. The normalized spacial score (nSPS) is 19.9. The van der Waals surface area contributed by atoms with Crippen molar-refractivity contribution in [3.8, 4) is 0 Å². The van der Waals surface area contributed by atoms with E-state index in [0.717, 1.165) is 41.8 Å². The smallest absolute Gasteiger partial charge is 0.255 e. The third kappa shape index (κ3) is 3.95. The summed E-state index contributed by atoms with van der Waals surface area (Å²) in [4.78, 5) is 32.9. The van der Waals surface area contributed by atoms with E-state index >= 15 is 0 Å². The summed E-state index contributed by atoms with van der Waals surface area (Å²) in [7, 11) is 0. The number of rotatable bonds is 5. The molecule has 2 aliphatic heterocycles. The first-order valence-electron chi connectivity index (χ1n) is 9.90. The Hall–Kier alpha value is -2.25. The Labute approximate surface area is 168 Å². The Morgan fingerprint density at radius 1 is 1.36 bits per heavy atom. The molecule has 2 unspecified atom stereocenters. The van der Waals surface area contributed by atoms with Crippen molar-refractivity contribution >= 4 is 28.3 Å². The van der Waals surface area contributed by atoms with Gasteiger partial charge in [0.15, 0.2) is 5.13 Å². The number of aromatic nitrogens is 1. The first-order chi connectivity index (χ1) is 13.7. The molecule has 2 amide bonds. The molecule has 2 aromatic rings. The van der Waals surface area contributed by atoms with Gasteiger partial charge in [0.25, 0.3) is 5.91 Å². The van der Waals surface area contributed by atoms with E-state index in [9.17, 15) is 9.59 Å². The molecule has 4 rings (SSSR count). The van der Waals surface area contributed by atoms with Gasteiger partial charge in [0.2, 0.25) is 5.91 Å². The van der Waals surface area contributed by atoms with Crippen molar-refractivity contribution in [1.29, 1.82) is 0 Å². The van der Waals surface area contributed by atoms with Gasteiger partial charge in [0.05, 0.1) is 18.2 Å². The predicted octanol–water partition coefficient (Wildman–Crippen LogP) is 3.34. The van der Waals surface area contributed by atoms with Gasteiger partial charge in [-0.05, 0) is 24.8 Å². The lowest BCUT2D eigenvalue weighted by Crippen LogP contribution is -2.38. The van der Waals surface area contributed by atoms with Crippen LogP contribution in [0.3, 0.4) is 0 Å². The molecule has 28 heavy (non-hydrogen) atoms. The van der Waals surface area contributed by atoms with Gasteiger partial charge in [-0.25, -0.2) is 4.98 Å². The molecular formula is C21H25N3O3S. The fraction of sp³-hybridized carbons (Fsp3) is 0.476. The van der Waals surface area contributed by atoms with E-state index in [1.165, 1.54) is 11.3 Å². The second-order valence-electron chi connectivity index (χ2n) is 7.26. The van der Waals surface area contributed by atoms with E-state index in [2.05, 4.69) is 17.2 Å². The maximum atomic E-state index is 13.1. The Bertz CT molecular complexity index is 846. The summed E-state index contributed by atoms with van der Waals surface area (Å²) in [6, 6.07) is 9.97. The zero-order chi connectivity index (χ0) is 19.5. The molecule has 6 nitrogen and oxygen atoms in total. The number of hydrogen-bond acceptors (Lipinski definition) is 5. The summed E-state index contributed by atoms with van der Waals surface area (Å²) >= 11 is 1.47. The summed E-state index contributed by atoms with van der Waals surface area (Å²) in [6.07, 6.45) is 2.81. The minimum atomic E-state index is -0.366. The highest BCUT2D eigenvalue weighted by atomic mass is 32.1. The molecule has 1 aromatic heterocycles. The molecule has 148 valence electrons. The second kappa shape index (κ2) is 8.41. The topological polar surface area (TPSA) is 71.5 Å². The number of benzene rings is 1. The second-order valence-corrected chi connectivity index (χ2v) is 8.34. The standard InChI is InChI=1S/C21H25N3O3S/c1-2-15(14-7-4-3-5-8-14)20(26)24-11-10-16-18(13-24)28-21(22-16)23-19(25)17-9-6-12-27-17/h3-5,7-8,15,17H,2,6,9-13H2,1H3,(H,22,23,25). The maximum absolute atomic E-state index is 13.1. The predicted molar refractivity (Wildman–Crippen MR) is 108 cm³/mol. The molecule has 0 radical (unpaired) electrons. The van der Waals surface area contributed by atoms with Crippen molar-refractivity contribution in [2.45, 2.75) is 51.2 Å². The molecule has 0 bridgehead atoms. The van der Waals surface area contributed by atoms with Crippen LogP contribution >= 0.6 is 11.3 Å². The van der Waals surface area contributed by atoms with Crippen LogP contribution in [-0.4, -0.2) is 41.0 Å². The van der Waals surface area contributed by atoms with Gasteiger partial charge in [-0.1, -0.05) is 48.6 Å². The van der Waals surface area contributed by atoms with E-state index in [1.807, 2.05) is 35.2 Å². The fourth-order valence-electron chi connectivity index (χ4n) is 3.87. The minimum absolute atomic E-state index is 0.116. The number of anilines is 1. The van der Waals surface area contributed by atoms with Crippen molar-refractivity contribution in [3.63, 3.8) is 0 Å². The van der Waals surface area contributed by atoms with Gasteiger partial charge in [0, 0.05) is 24.4 Å². The summed E-state index contributed by atoms with van der Waals surface area (Å²) in [5, 5.41) is 3.49. The van der Waals surface area contributed by atoms with E-state index in [0.29, 0.717) is 24.8 Å². The van der Waals surface area contributed by atoms with Crippen LogP contribution in [0.15, 0.2) is 30.3 Å². The van der Waals surface area contributed by atoms with Crippen LogP contribution in [0, 0.1) is 0 Å². The first kappa shape index (κ1) is 19.1. The third-order valence-corrected chi connectivity index (χ3v) is 6.40. The average Bonchev–Trinajstić information content (AvgIpc) is 3.38. The van der Waals surface area contributed by atoms with Crippen LogP contribution in [0.4, 0.5) is 5.13 Å². The zero-order valence-electron chi connectivity index (χ0n) is 16.0. The van der Waals surface area contributed by atoms with Gasteiger partial charge >= 0.3 is 0 Å². The van der Waals surface area contributed by atoms with Crippen molar-refractivity contribution in [1.82, 2.24) is 9.88 Å². The molecule has 2 aliphatic rings. The SMILES string of the molecule is CCC(C(=O)N1CCc2nc(NC(=O)C3CCCO3)sc2C1)c1ccccc1. The van der Waals surface area contributed by atoms with Gasteiger partial charge in [-0.15, -0.1) is 0 Å². The van der Waals surface area contributed by atoms with Crippen molar-refractivity contribution < 1.29 is 14.3 Å². The van der Waals surface area contributed by atoms with E-state index in [-0.39, 0.29) is 23.8 Å². The Kier molecular flexibility index (Phi) is 5.73. The molecule has 0 spiro atoms. The number of ether oxygens (including phenoxy) is 1. The number of nitrogens with zero attached hydrogens (tertiary/aromatic N) is 2. The lowest BCUT2D eigenvalue weighted by Gasteiger charge is -2.29. The molecule has 0 aliphatic carbocycles. The van der Waals surface area contributed by atoms with Gasteiger partial charge in [0.1, 0.15) is 6.10 Å². The molecule has 2 atom stereocenters. The lowest BCUT2D eigenvalue weighted by atomic mass is 9.94. The van der Waals surface area contributed by atoms with Crippen molar-refractivity contribution in [3.05, 3.63) is 46.5 Å². The monoisotopic (exact) mass is 399 g/mol. The van der Waals surface area contributed by atoms with E-state index in [4.69, 9.17) is 4.74 Å². The quantitative estimate of drug-likeness (QED) is 0.837. The summed E-state index contributed by atoms with van der Waals surface area (Å²) in [5.74, 6) is -0.0706. The minimum Gasteiger partial charge on any atom is -0.368 e. The molecule has 1 aromatic carbocycles. The highest BCUT2D eigenvalue weighted by molar-refractivity contribution is 7.15. The number of thiazole rings is 1. The average molecular weight is 400 g/mol. The third-order valence-electron chi connectivity index (χ3n) is 5.40. The molecule has 1 fully saturated rings. The zero-order valence-corrected chi connectivity index (χ0v) is 16.8. The number of amides is 2. The number of nitrogens with one attached hydrogen (secondary N) is 1. The van der Waals surface area contributed by atoms with Crippen LogP contribution in [0.2, 0.25) is 0 Å². The van der Waals surface area contributed by atoms with E-state index in [1.54, 1.807) is 0 Å². The first-order valence-corrected chi connectivity index (χ1v) is 10.7. The lowest BCUT2D eigenvalue weighted by molar-refractivity contribution is -0.133. The Morgan fingerprint density at radius 2 is 2.18 bits per heavy atom. The molecule has 3 heterocycles. The van der Waals surface area contributed by atoms with Gasteiger partial charge in [-0.3, -0.25) is 14.9 Å². The summed E-state index contributed by atoms with van der Waals surface area (Å²) in [6.45, 7) is 3.92. The van der Waals surface area contributed by atoms with Crippen LogP contribution in [0.5, 0.6) is 0 Å². The summed E-state index contributed by atoms with van der Waals surface area (Å²) < 4.78 is 5.43. The Morgan fingerprint density at radius 3 is 2.89 bits per heavy atom. The highest BCUT2D eigenvalue weighted by Gasteiger charge is 2.30.